The van der Waals surface area contributed by atoms with Gasteiger partial charge in [0.2, 0.25) is 0 Å². The van der Waals surface area contributed by atoms with Gasteiger partial charge in [-0.3, -0.25) is 14.3 Å². The molecule has 0 aliphatic carbocycles. The molecule has 0 saturated carbocycles. The van der Waals surface area contributed by atoms with Crippen LogP contribution in [-0.2, 0) is 20.9 Å². The molecule has 1 heterocycles. The number of carboxylic acid groups (broad SMARTS) is 1. The molecule has 0 aromatic carbocycles. The van der Waals surface area contributed by atoms with Crippen molar-refractivity contribution in [3.63, 3.8) is 0 Å². The Morgan fingerprint density at radius 1 is 1.44 bits per heavy atom. The predicted octanol–water partition coefficient (Wildman–Crippen LogP) is 1.32. The largest absolute Gasteiger partial charge is 0.481 e. The molecule has 0 spiro atoms. The SMILES string of the molecule is CC(C)(C)OC(=O)C[C@@H](Cn1cccn1)C(=O)O. The minimum Gasteiger partial charge on any atom is -0.481 e. The summed E-state index contributed by atoms with van der Waals surface area (Å²) >= 11 is 0. The molecule has 0 unspecified atom stereocenters. The van der Waals surface area contributed by atoms with E-state index in [0.29, 0.717) is 0 Å². The van der Waals surface area contributed by atoms with Crippen molar-refractivity contribution in [3.8, 4) is 0 Å². The molecule has 1 aromatic rings. The Morgan fingerprint density at radius 3 is 2.56 bits per heavy atom. The van der Waals surface area contributed by atoms with Crippen LogP contribution in [0.4, 0.5) is 0 Å². The molecule has 1 aromatic heterocycles. The zero-order chi connectivity index (χ0) is 13.8. The van der Waals surface area contributed by atoms with E-state index >= 15 is 0 Å². The molecule has 6 heteroatoms. The quantitative estimate of drug-likeness (QED) is 0.801. The van der Waals surface area contributed by atoms with Gasteiger partial charge in [0.1, 0.15) is 5.60 Å². The average molecular weight is 254 g/mol. The molecule has 0 aliphatic heterocycles. The lowest BCUT2D eigenvalue weighted by Crippen LogP contribution is -2.29. The van der Waals surface area contributed by atoms with Crippen molar-refractivity contribution in [2.75, 3.05) is 0 Å². The minimum atomic E-state index is -1.03. The van der Waals surface area contributed by atoms with Crippen LogP contribution in [0.1, 0.15) is 27.2 Å². The van der Waals surface area contributed by atoms with E-state index in [0.717, 1.165) is 0 Å². The standard InChI is InChI=1S/C12H18N2O4/c1-12(2,3)18-10(15)7-9(11(16)17)8-14-6-4-5-13-14/h4-6,9H,7-8H2,1-3H3,(H,16,17)/t9-/m0/s1. The molecule has 100 valence electrons. The maximum Gasteiger partial charge on any atom is 0.308 e. The third kappa shape index (κ3) is 4.99. The molecule has 0 fully saturated rings. The Labute approximate surface area is 106 Å². The summed E-state index contributed by atoms with van der Waals surface area (Å²) in [5.41, 5.74) is -0.605. The number of carbonyl (C=O) groups excluding carboxylic acids is 1. The topological polar surface area (TPSA) is 81.4 Å². The fourth-order valence-electron chi connectivity index (χ4n) is 1.45. The Bertz CT molecular complexity index is 406. The van der Waals surface area contributed by atoms with E-state index in [1.807, 2.05) is 0 Å². The number of aliphatic carboxylic acids is 1. The monoisotopic (exact) mass is 254 g/mol. The molecule has 0 radical (unpaired) electrons. The van der Waals surface area contributed by atoms with Gasteiger partial charge >= 0.3 is 11.9 Å². The van der Waals surface area contributed by atoms with Gasteiger partial charge in [0.15, 0.2) is 0 Å². The molecule has 0 aliphatic rings. The summed E-state index contributed by atoms with van der Waals surface area (Å²) in [5.74, 6) is -2.38. The number of esters is 1. The molecule has 0 saturated heterocycles. The number of hydrogen-bond acceptors (Lipinski definition) is 4. The number of aromatic nitrogens is 2. The highest BCUT2D eigenvalue weighted by atomic mass is 16.6. The molecule has 1 N–H and O–H groups in total. The van der Waals surface area contributed by atoms with Crippen molar-refractivity contribution < 1.29 is 19.4 Å². The summed E-state index contributed by atoms with van der Waals surface area (Å²) in [6.45, 7) is 5.39. The zero-order valence-corrected chi connectivity index (χ0v) is 10.8. The average Bonchev–Trinajstić information content (AvgIpc) is 2.66. The van der Waals surface area contributed by atoms with Crippen LogP contribution in [0.15, 0.2) is 18.5 Å². The maximum atomic E-state index is 11.6. The fourth-order valence-corrected chi connectivity index (χ4v) is 1.45. The van der Waals surface area contributed by atoms with Crippen LogP contribution in [0.5, 0.6) is 0 Å². The molecule has 0 bridgehead atoms. The van der Waals surface area contributed by atoms with Gasteiger partial charge in [-0.15, -0.1) is 0 Å². The lowest BCUT2D eigenvalue weighted by atomic mass is 10.1. The highest BCUT2D eigenvalue weighted by molar-refractivity contribution is 5.78. The third-order valence-corrected chi connectivity index (χ3v) is 2.15. The Hall–Kier alpha value is -1.85. The fraction of sp³-hybridized carbons (Fsp3) is 0.583. The molecule has 1 atom stereocenters. The van der Waals surface area contributed by atoms with Crippen LogP contribution in [0.3, 0.4) is 0 Å². The van der Waals surface area contributed by atoms with Crippen LogP contribution in [-0.4, -0.2) is 32.4 Å². The highest BCUT2D eigenvalue weighted by Crippen LogP contribution is 2.13. The second-order valence-corrected chi connectivity index (χ2v) is 5.05. The van der Waals surface area contributed by atoms with Crippen molar-refractivity contribution in [2.24, 2.45) is 5.92 Å². The maximum absolute atomic E-state index is 11.6. The van der Waals surface area contributed by atoms with Crippen LogP contribution in [0.25, 0.3) is 0 Å². The summed E-state index contributed by atoms with van der Waals surface area (Å²) < 4.78 is 6.59. The van der Waals surface area contributed by atoms with Gasteiger partial charge in [0.25, 0.3) is 0 Å². The molecule has 6 nitrogen and oxygen atoms in total. The van der Waals surface area contributed by atoms with E-state index in [2.05, 4.69) is 5.10 Å². The zero-order valence-electron chi connectivity index (χ0n) is 10.8. The van der Waals surface area contributed by atoms with Gasteiger partial charge in [0.05, 0.1) is 18.9 Å². The lowest BCUT2D eigenvalue weighted by Gasteiger charge is -2.21. The number of ether oxygens (including phenoxy) is 1. The number of rotatable bonds is 5. The van der Waals surface area contributed by atoms with Crippen LogP contribution in [0, 0.1) is 5.92 Å². The van der Waals surface area contributed by atoms with Crippen molar-refractivity contribution in [1.29, 1.82) is 0 Å². The first-order valence-corrected chi connectivity index (χ1v) is 5.70. The number of carbonyl (C=O) groups is 2. The minimum absolute atomic E-state index is 0.154. The summed E-state index contributed by atoms with van der Waals surface area (Å²) in [7, 11) is 0. The first-order chi connectivity index (χ1) is 8.28. The normalized spacial score (nSPS) is 13.1. The van der Waals surface area contributed by atoms with Gasteiger partial charge in [-0.1, -0.05) is 0 Å². The van der Waals surface area contributed by atoms with Gasteiger partial charge in [-0.25, -0.2) is 0 Å². The Balaban J connectivity index is 2.58. The van der Waals surface area contributed by atoms with E-state index in [1.54, 1.807) is 39.2 Å². The van der Waals surface area contributed by atoms with Crippen molar-refractivity contribution in [2.45, 2.75) is 39.3 Å². The lowest BCUT2D eigenvalue weighted by molar-refractivity contribution is -0.160. The third-order valence-electron chi connectivity index (χ3n) is 2.15. The molecule has 0 amide bonds. The Kier molecular flexibility index (Phi) is 4.47. The highest BCUT2D eigenvalue weighted by Gasteiger charge is 2.25. The summed E-state index contributed by atoms with van der Waals surface area (Å²) in [6.07, 6.45) is 3.06. The first-order valence-electron chi connectivity index (χ1n) is 5.70. The smallest absolute Gasteiger partial charge is 0.308 e. The van der Waals surface area contributed by atoms with E-state index < -0.39 is 23.5 Å². The van der Waals surface area contributed by atoms with Crippen LogP contribution in [0.2, 0.25) is 0 Å². The molecular formula is C12H18N2O4. The number of hydrogen-bond donors (Lipinski definition) is 1. The van der Waals surface area contributed by atoms with Crippen molar-refractivity contribution in [1.82, 2.24) is 9.78 Å². The van der Waals surface area contributed by atoms with Crippen LogP contribution >= 0.6 is 0 Å². The van der Waals surface area contributed by atoms with Crippen molar-refractivity contribution in [3.05, 3.63) is 18.5 Å². The molecule has 18 heavy (non-hydrogen) atoms. The Morgan fingerprint density at radius 2 is 2.11 bits per heavy atom. The number of carboxylic acids is 1. The summed E-state index contributed by atoms with van der Waals surface area (Å²) in [6, 6.07) is 1.70. The van der Waals surface area contributed by atoms with Crippen molar-refractivity contribution >= 4 is 11.9 Å². The van der Waals surface area contributed by atoms with Gasteiger partial charge < -0.3 is 9.84 Å². The van der Waals surface area contributed by atoms with Crippen LogP contribution < -0.4 is 0 Å². The van der Waals surface area contributed by atoms with Gasteiger partial charge in [-0.05, 0) is 26.8 Å². The van der Waals surface area contributed by atoms with E-state index in [1.165, 1.54) is 4.68 Å². The van der Waals surface area contributed by atoms with E-state index in [-0.39, 0.29) is 13.0 Å². The molecule has 1 rings (SSSR count). The number of nitrogens with zero attached hydrogens (tertiary/aromatic N) is 2. The molecular weight excluding hydrogens is 236 g/mol. The summed E-state index contributed by atoms with van der Waals surface area (Å²) in [4.78, 5) is 22.7. The second kappa shape index (κ2) is 5.66. The second-order valence-electron chi connectivity index (χ2n) is 5.05. The first kappa shape index (κ1) is 14.2. The van der Waals surface area contributed by atoms with E-state index in [4.69, 9.17) is 9.84 Å². The van der Waals surface area contributed by atoms with Gasteiger partial charge in [0, 0.05) is 12.4 Å². The van der Waals surface area contributed by atoms with E-state index in [9.17, 15) is 9.59 Å². The predicted molar refractivity (Wildman–Crippen MR) is 63.8 cm³/mol. The summed E-state index contributed by atoms with van der Waals surface area (Å²) in [5, 5.41) is 13.0. The van der Waals surface area contributed by atoms with Gasteiger partial charge in [-0.2, -0.15) is 5.10 Å².